The summed E-state index contributed by atoms with van der Waals surface area (Å²) in [5.74, 6) is -0.478. The third-order valence-corrected chi connectivity index (χ3v) is 8.83. The second kappa shape index (κ2) is 9.61. The molecule has 5 heteroatoms. The standard InChI is InChI=1S/C37H22N2O2S/c40-34-30-19-26-11-7-8-12-27(26)20-31(30)35(41)32(34)21-29-22-33-36(39(29)28-13-5-2-6-14-28)38-37(42-33)25-17-15-24(16-18-25)23-9-3-1-4-10-23/h1-22H. The summed E-state index contributed by atoms with van der Waals surface area (Å²) >= 11 is 1.60. The maximum Gasteiger partial charge on any atom is 0.197 e. The van der Waals surface area contributed by atoms with E-state index in [2.05, 4.69) is 36.4 Å². The van der Waals surface area contributed by atoms with Gasteiger partial charge in [-0.05, 0) is 58.3 Å². The largest absolute Gasteiger partial charge is 0.294 e. The highest BCUT2D eigenvalue weighted by molar-refractivity contribution is 7.21. The third kappa shape index (κ3) is 3.94. The van der Waals surface area contributed by atoms with E-state index in [0.29, 0.717) is 11.1 Å². The number of hydrogen-bond donors (Lipinski definition) is 0. The molecule has 0 radical (unpaired) electrons. The van der Waals surface area contributed by atoms with Gasteiger partial charge in [-0.25, -0.2) is 4.98 Å². The molecule has 7 aromatic rings. The van der Waals surface area contributed by atoms with Crippen LogP contribution in [0.2, 0.25) is 0 Å². The van der Waals surface area contributed by atoms with Crippen LogP contribution >= 0.6 is 11.3 Å². The number of ketones is 2. The minimum Gasteiger partial charge on any atom is -0.294 e. The molecule has 0 saturated heterocycles. The predicted octanol–water partition coefficient (Wildman–Crippen LogP) is 9.04. The van der Waals surface area contributed by atoms with Crippen LogP contribution in [0.4, 0.5) is 0 Å². The molecule has 4 nitrogen and oxygen atoms in total. The molecule has 0 aliphatic heterocycles. The van der Waals surface area contributed by atoms with Crippen molar-refractivity contribution >= 4 is 50.1 Å². The molecule has 0 fully saturated rings. The number of para-hydroxylation sites is 1. The monoisotopic (exact) mass is 558 g/mol. The van der Waals surface area contributed by atoms with Gasteiger partial charge >= 0.3 is 0 Å². The zero-order chi connectivity index (χ0) is 28.2. The maximum atomic E-state index is 13.5. The smallest absolute Gasteiger partial charge is 0.197 e. The Morgan fingerprint density at radius 2 is 1.14 bits per heavy atom. The molecule has 0 bridgehead atoms. The van der Waals surface area contributed by atoms with E-state index in [9.17, 15) is 9.59 Å². The highest BCUT2D eigenvalue weighted by atomic mass is 32.1. The summed E-state index contributed by atoms with van der Waals surface area (Å²) in [6.07, 6.45) is 1.73. The van der Waals surface area contributed by atoms with Crippen molar-refractivity contribution in [1.29, 1.82) is 0 Å². The normalized spacial score (nSPS) is 12.8. The molecule has 2 heterocycles. The number of allylic oxidation sites excluding steroid dienone is 1. The van der Waals surface area contributed by atoms with Crippen LogP contribution < -0.4 is 0 Å². The Balaban J connectivity index is 1.23. The molecule has 0 spiro atoms. The van der Waals surface area contributed by atoms with Crippen LogP contribution in [0.25, 0.3) is 54.6 Å². The summed E-state index contributed by atoms with van der Waals surface area (Å²) in [6, 6.07) is 42.2. The lowest BCUT2D eigenvalue weighted by Crippen LogP contribution is -2.03. The van der Waals surface area contributed by atoms with E-state index in [-0.39, 0.29) is 17.1 Å². The van der Waals surface area contributed by atoms with Crippen molar-refractivity contribution in [2.75, 3.05) is 0 Å². The second-order valence-corrected chi connectivity index (χ2v) is 11.4. The van der Waals surface area contributed by atoms with Crippen molar-refractivity contribution in [3.63, 3.8) is 0 Å². The molecular weight excluding hydrogens is 536 g/mol. The van der Waals surface area contributed by atoms with Gasteiger partial charge in [0.15, 0.2) is 17.2 Å². The molecule has 0 saturated carbocycles. The SMILES string of the molecule is O=C1C(=Cc2cc3sc(-c4ccc(-c5ccccc5)cc4)nc3n2-c2ccccc2)C(=O)c2cc3ccccc3cc21. The van der Waals surface area contributed by atoms with Crippen molar-refractivity contribution in [2.24, 2.45) is 0 Å². The second-order valence-electron chi connectivity index (χ2n) is 10.4. The number of rotatable bonds is 4. The molecule has 5 aromatic carbocycles. The van der Waals surface area contributed by atoms with Gasteiger partial charge in [0, 0.05) is 22.4 Å². The quantitative estimate of drug-likeness (QED) is 0.160. The Morgan fingerprint density at radius 3 is 1.79 bits per heavy atom. The Labute approximate surface area is 245 Å². The molecular formula is C37H22N2O2S. The lowest BCUT2D eigenvalue weighted by Gasteiger charge is -2.08. The van der Waals surface area contributed by atoms with Crippen LogP contribution in [0.3, 0.4) is 0 Å². The molecule has 1 aliphatic rings. The zero-order valence-electron chi connectivity index (χ0n) is 22.3. The zero-order valence-corrected chi connectivity index (χ0v) is 23.1. The minimum atomic E-state index is -0.239. The number of benzene rings is 5. The molecule has 8 rings (SSSR count). The van der Waals surface area contributed by atoms with Gasteiger partial charge in [-0.15, -0.1) is 11.3 Å². The first-order valence-electron chi connectivity index (χ1n) is 13.7. The number of hydrogen-bond acceptors (Lipinski definition) is 4. The summed E-state index contributed by atoms with van der Waals surface area (Å²) in [5.41, 5.74) is 6.93. The Kier molecular flexibility index (Phi) is 5.59. The number of Topliss-reactive ketones (excluding diaryl/α,β-unsaturated/α-hetero) is 2. The van der Waals surface area contributed by atoms with Crippen LogP contribution in [0.15, 0.2) is 133 Å². The fraction of sp³-hybridized carbons (Fsp3) is 0. The fourth-order valence-corrected chi connectivity index (χ4v) is 6.70. The average Bonchev–Trinajstić information content (AvgIpc) is 3.67. The Bertz CT molecular complexity index is 2150. The summed E-state index contributed by atoms with van der Waals surface area (Å²) in [6.45, 7) is 0. The Morgan fingerprint density at radius 1 is 0.595 bits per heavy atom. The first kappa shape index (κ1) is 24.4. The molecule has 42 heavy (non-hydrogen) atoms. The van der Waals surface area contributed by atoms with Gasteiger partial charge in [-0.1, -0.05) is 97.1 Å². The van der Waals surface area contributed by atoms with E-state index in [1.54, 1.807) is 17.4 Å². The van der Waals surface area contributed by atoms with E-state index in [1.807, 2.05) is 95.6 Å². The first-order valence-corrected chi connectivity index (χ1v) is 14.5. The van der Waals surface area contributed by atoms with Crippen molar-refractivity contribution < 1.29 is 9.59 Å². The molecule has 0 amide bonds. The van der Waals surface area contributed by atoms with Crippen molar-refractivity contribution in [3.8, 4) is 27.4 Å². The van der Waals surface area contributed by atoms with Crippen molar-refractivity contribution in [3.05, 3.63) is 150 Å². The number of nitrogens with zero attached hydrogens (tertiary/aromatic N) is 2. The maximum absolute atomic E-state index is 13.5. The number of thiazole rings is 1. The van der Waals surface area contributed by atoms with Crippen LogP contribution in [0.5, 0.6) is 0 Å². The molecule has 0 unspecified atom stereocenters. The number of aromatic nitrogens is 2. The number of carbonyl (C=O) groups is 2. The Hall–Kier alpha value is -5.39. The number of fused-ring (bicyclic) bond motifs is 3. The molecule has 1 aliphatic carbocycles. The van der Waals surface area contributed by atoms with Crippen LogP contribution in [0.1, 0.15) is 26.4 Å². The lowest BCUT2D eigenvalue weighted by molar-refractivity contribution is 0.0990. The van der Waals surface area contributed by atoms with E-state index in [1.165, 1.54) is 5.56 Å². The third-order valence-electron chi connectivity index (χ3n) is 7.79. The molecule has 198 valence electrons. The fourth-order valence-electron chi connectivity index (χ4n) is 5.70. The van der Waals surface area contributed by atoms with Crippen molar-refractivity contribution in [2.45, 2.75) is 0 Å². The van der Waals surface area contributed by atoms with E-state index >= 15 is 0 Å². The van der Waals surface area contributed by atoms with Gasteiger partial charge in [-0.3, -0.25) is 14.2 Å². The van der Waals surface area contributed by atoms with E-state index < -0.39 is 0 Å². The van der Waals surface area contributed by atoms with E-state index in [0.717, 1.165) is 48.6 Å². The summed E-state index contributed by atoms with van der Waals surface area (Å²) in [7, 11) is 0. The summed E-state index contributed by atoms with van der Waals surface area (Å²) in [5, 5.41) is 2.80. The van der Waals surface area contributed by atoms with Gasteiger partial charge in [0.1, 0.15) is 5.01 Å². The van der Waals surface area contributed by atoms with Gasteiger partial charge in [-0.2, -0.15) is 0 Å². The van der Waals surface area contributed by atoms with Gasteiger partial charge in [0.2, 0.25) is 0 Å². The highest BCUT2D eigenvalue weighted by Crippen LogP contribution is 2.37. The molecule has 2 aromatic heterocycles. The van der Waals surface area contributed by atoms with Crippen molar-refractivity contribution in [1.82, 2.24) is 9.55 Å². The number of carbonyl (C=O) groups excluding carboxylic acids is 2. The van der Waals surface area contributed by atoms with Gasteiger partial charge in [0.05, 0.1) is 16.0 Å². The van der Waals surface area contributed by atoms with E-state index in [4.69, 9.17) is 4.98 Å². The average molecular weight is 559 g/mol. The highest BCUT2D eigenvalue weighted by Gasteiger charge is 2.34. The van der Waals surface area contributed by atoms with Crippen LogP contribution in [-0.4, -0.2) is 21.1 Å². The minimum absolute atomic E-state index is 0.180. The van der Waals surface area contributed by atoms with Crippen LogP contribution in [-0.2, 0) is 0 Å². The molecule has 0 atom stereocenters. The van der Waals surface area contributed by atoms with Gasteiger partial charge < -0.3 is 0 Å². The summed E-state index contributed by atoms with van der Waals surface area (Å²) < 4.78 is 3.01. The first-order chi connectivity index (χ1) is 20.6. The van der Waals surface area contributed by atoms with Crippen LogP contribution in [0, 0.1) is 0 Å². The molecule has 0 N–H and O–H groups in total. The lowest BCUT2D eigenvalue weighted by atomic mass is 10.0. The van der Waals surface area contributed by atoms with Gasteiger partial charge in [0.25, 0.3) is 0 Å². The predicted molar refractivity (Wildman–Crippen MR) is 170 cm³/mol. The topological polar surface area (TPSA) is 52.0 Å². The summed E-state index contributed by atoms with van der Waals surface area (Å²) in [4.78, 5) is 32.1.